The van der Waals surface area contributed by atoms with Gasteiger partial charge in [-0.2, -0.15) is 0 Å². The Morgan fingerprint density at radius 1 is 0.844 bits per heavy atom. The molecule has 0 bridgehead atoms. The van der Waals surface area contributed by atoms with Gasteiger partial charge in [-0.3, -0.25) is 0 Å². The number of halogens is 1. The lowest BCUT2D eigenvalue weighted by Crippen LogP contribution is -2.33. The second-order valence-corrected chi connectivity index (χ2v) is 13.6. The summed E-state index contributed by atoms with van der Waals surface area (Å²) in [7, 11) is 4.30. The summed E-state index contributed by atoms with van der Waals surface area (Å²) in [5.41, 5.74) is 4.65. The molecule has 6 heteroatoms. The first-order chi connectivity index (χ1) is 21.9. The van der Waals surface area contributed by atoms with E-state index in [1.165, 1.54) is 24.0 Å². The number of aromatic nitrogens is 1. The summed E-state index contributed by atoms with van der Waals surface area (Å²) in [5, 5.41) is 3.73. The Kier molecular flexibility index (Phi) is 10.2. The molecule has 3 aromatic carbocycles. The maximum absolute atomic E-state index is 13.7. The third-order valence-corrected chi connectivity index (χ3v) is 10.2. The van der Waals surface area contributed by atoms with Crippen LogP contribution in [-0.2, 0) is 6.42 Å². The van der Waals surface area contributed by atoms with E-state index in [1.54, 1.807) is 12.1 Å². The van der Waals surface area contributed by atoms with Gasteiger partial charge in [-0.05, 0) is 106 Å². The minimum absolute atomic E-state index is 0.168. The van der Waals surface area contributed by atoms with Crippen LogP contribution in [0.25, 0.3) is 0 Å². The van der Waals surface area contributed by atoms with Crippen molar-refractivity contribution in [3.8, 4) is 0 Å². The van der Waals surface area contributed by atoms with Crippen LogP contribution in [0.2, 0.25) is 0 Å². The van der Waals surface area contributed by atoms with Crippen LogP contribution >= 0.6 is 0 Å². The molecule has 1 aliphatic heterocycles. The van der Waals surface area contributed by atoms with Crippen LogP contribution in [0.4, 0.5) is 16.0 Å². The molecule has 6 rings (SSSR count). The number of nitrogens with zero attached hydrogens (tertiary/aromatic N) is 3. The van der Waals surface area contributed by atoms with Crippen molar-refractivity contribution in [3.05, 3.63) is 113 Å². The quantitative estimate of drug-likeness (QED) is 0.184. The first-order valence-corrected chi connectivity index (χ1v) is 16.9. The number of hydrogen-bond donors (Lipinski definition) is 1. The fourth-order valence-corrected chi connectivity index (χ4v) is 7.64. The van der Waals surface area contributed by atoms with Crippen LogP contribution in [0.1, 0.15) is 80.1 Å². The molecular formula is C39H49FN4O. The zero-order valence-corrected chi connectivity index (χ0v) is 27.2. The Morgan fingerprint density at radius 3 is 2.11 bits per heavy atom. The molecular weight excluding hydrogens is 559 g/mol. The summed E-state index contributed by atoms with van der Waals surface area (Å²) in [6.07, 6.45) is 7.63. The van der Waals surface area contributed by atoms with Gasteiger partial charge in [0.25, 0.3) is 0 Å². The van der Waals surface area contributed by atoms with Gasteiger partial charge in [0.15, 0.2) is 0 Å². The fraction of sp³-hybridized carbons (Fsp3) is 0.462. The molecule has 2 unspecified atom stereocenters. The van der Waals surface area contributed by atoms with Gasteiger partial charge in [0, 0.05) is 37.8 Å². The monoisotopic (exact) mass is 608 g/mol. The summed E-state index contributed by atoms with van der Waals surface area (Å²) in [6.45, 7) is 5.18. The average Bonchev–Trinajstić information content (AvgIpc) is 3.47. The van der Waals surface area contributed by atoms with Crippen molar-refractivity contribution in [2.75, 3.05) is 43.9 Å². The number of rotatable bonds is 11. The number of benzene rings is 3. The Hall–Kier alpha value is -3.64. The van der Waals surface area contributed by atoms with E-state index in [2.05, 4.69) is 96.8 Å². The predicted molar refractivity (Wildman–Crippen MR) is 182 cm³/mol. The maximum Gasteiger partial charge on any atom is 0.219 e. The van der Waals surface area contributed by atoms with Crippen LogP contribution in [0.5, 0.6) is 0 Å². The van der Waals surface area contributed by atoms with E-state index < -0.39 is 0 Å². The second kappa shape index (κ2) is 14.6. The highest BCUT2D eigenvalue weighted by atomic mass is 19.1. The average molecular weight is 609 g/mol. The van der Waals surface area contributed by atoms with Crippen molar-refractivity contribution in [1.29, 1.82) is 0 Å². The smallest absolute Gasteiger partial charge is 0.219 e. The molecule has 2 heterocycles. The highest BCUT2D eigenvalue weighted by Gasteiger charge is 2.36. The number of piperidine rings is 1. The van der Waals surface area contributed by atoms with E-state index in [-0.39, 0.29) is 17.8 Å². The lowest BCUT2D eigenvalue weighted by molar-refractivity contribution is 0.137. The first-order valence-electron chi connectivity index (χ1n) is 16.9. The molecule has 45 heavy (non-hydrogen) atoms. The van der Waals surface area contributed by atoms with E-state index in [0.717, 1.165) is 80.8 Å². The molecule has 1 saturated heterocycles. The molecule has 0 radical (unpaired) electrons. The number of oxazole rings is 1. The van der Waals surface area contributed by atoms with Gasteiger partial charge in [-0.25, -0.2) is 9.37 Å². The minimum atomic E-state index is -0.176. The molecule has 0 spiro atoms. The van der Waals surface area contributed by atoms with Gasteiger partial charge in [0.05, 0.1) is 5.92 Å². The van der Waals surface area contributed by atoms with E-state index in [0.29, 0.717) is 11.8 Å². The summed E-state index contributed by atoms with van der Waals surface area (Å²) < 4.78 is 20.6. The van der Waals surface area contributed by atoms with Gasteiger partial charge >= 0.3 is 0 Å². The molecule has 1 saturated carbocycles. The Morgan fingerprint density at radius 2 is 1.47 bits per heavy atom. The van der Waals surface area contributed by atoms with Crippen LogP contribution in [0.15, 0.2) is 89.3 Å². The van der Waals surface area contributed by atoms with Crippen LogP contribution < -0.4 is 10.2 Å². The third kappa shape index (κ3) is 7.78. The lowest BCUT2D eigenvalue weighted by Gasteiger charge is -2.39. The van der Waals surface area contributed by atoms with E-state index in [4.69, 9.17) is 9.40 Å². The summed E-state index contributed by atoms with van der Waals surface area (Å²) in [5.74, 6) is 3.58. The number of para-hydroxylation sites is 1. The van der Waals surface area contributed by atoms with Gasteiger partial charge in [0.1, 0.15) is 11.5 Å². The Balaban J connectivity index is 1.26. The van der Waals surface area contributed by atoms with E-state index in [9.17, 15) is 4.39 Å². The highest BCUT2D eigenvalue weighted by molar-refractivity contribution is 5.45. The van der Waals surface area contributed by atoms with Crippen molar-refractivity contribution in [3.63, 3.8) is 0 Å². The summed E-state index contributed by atoms with van der Waals surface area (Å²) in [4.78, 5) is 10.1. The molecule has 2 aliphatic rings. The van der Waals surface area contributed by atoms with Crippen LogP contribution in [-0.4, -0.2) is 43.6 Å². The largest absolute Gasteiger partial charge is 0.424 e. The van der Waals surface area contributed by atoms with Crippen LogP contribution in [0, 0.1) is 23.6 Å². The first kappa shape index (κ1) is 31.3. The van der Waals surface area contributed by atoms with Gasteiger partial charge in [0.2, 0.25) is 11.8 Å². The molecule has 1 aliphatic carbocycles. The van der Waals surface area contributed by atoms with Crippen molar-refractivity contribution in [2.24, 2.45) is 17.8 Å². The minimum Gasteiger partial charge on any atom is -0.424 e. The molecule has 2 atom stereocenters. The van der Waals surface area contributed by atoms with Crippen molar-refractivity contribution < 1.29 is 8.81 Å². The van der Waals surface area contributed by atoms with Crippen molar-refractivity contribution in [1.82, 2.24) is 9.88 Å². The summed E-state index contributed by atoms with van der Waals surface area (Å²) in [6, 6.07) is 28.5. The van der Waals surface area contributed by atoms with E-state index in [1.807, 2.05) is 12.1 Å². The lowest BCUT2D eigenvalue weighted by atomic mass is 9.72. The summed E-state index contributed by atoms with van der Waals surface area (Å²) >= 11 is 0. The molecule has 4 aromatic rings. The third-order valence-electron chi connectivity index (χ3n) is 10.2. The standard InChI is InChI=1S/C39H49FN4O/c1-28-22-24-44(25-23-28)39-36(26-29-10-6-4-7-11-29)42-38(45-39)35(27-41-34-12-8-5-9-13-34)30-14-16-31(17-15-30)37(43(2)3)32-18-20-33(40)21-19-32/h4-13,18-21,28,30-31,35,37,41H,14-17,22-27H2,1-3H3. The van der Waals surface area contributed by atoms with Crippen LogP contribution in [0.3, 0.4) is 0 Å². The molecule has 2 fully saturated rings. The number of hydrogen-bond acceptors (Lipinski definition) is 5. The Bertz CT molecular complexity index is 1460. The highest BCUT2D eigenvalue weighted by Crippen LogP contribution is 2.45. The molecule has 238 valence electrons. The predicted octanol–water partition coefficient (Wildman–Crippen LogP) is 8.95. The molecule has 1 N–H and O–H groups in total. The SMILES string of the molecule is CC1CCN(c2oc(C(CNc3ccccc3)C3CCC(C(c4ccc(F)cc4)N(C)C)CC3)nc2Cc2ccccc2)CC1. The Labute approximate surface area is 268 Å². The molecule has 0 amide bonds. The topological polar surface area (TPSA) is 44.5 Å². The fourth-order valence-electron chi connectivity index (χ4n) is 7.64. The number of nitrogens with one attached hydrogen (secondary N) is 1. The zero-order valence-electron chi connectivity index (χ0n) is 27.2. The maximum atomic E-state index is 13.7. The molecule has 5 nitrogen and oxygen atoms in total. The molecule has 1 aromatic heterocycles. The normalized spacial score (nSPS) is 20.7. The van der Waals surface area contributed by atoms with E-state index >= 15 is 0 Å². The number of anilines is 2. The second-order valence-electron chi connectivity index (χ2n) is 13.6. The van der Waals surface area contributed by atoms with Gasteiger partial charge < -0.3 is 19.5 Å². The van der Waals surface area contributed by atoms with Gasteiger partial charge in [-0.15, -0.1) is 0 Å². The zero-order chi connectivity index (χ0) is 31.2. The van der Waals surface area contributed by atoms with Crippen molar-refractivity contribution >= 4 is 11.6 Å². The van der Waals surface area contributed by atoms with Gasteiger partial charge in [-0.1, -0.05) is 67.6 Å². The van der Waals surface area contributed by atoms with Crippen molar-refractivity contribution in [2.45, 2.75) is 63.8 Å².